The first-order valence-electron chi connectivity index (χ1n) is 32.2. The van der Waals surface area contributed by atoms with Crippen molar-refractivity contribution < 1.29 is 39.8 Å². The number of allylic oxidation sites excluding steroid dienone is 11. The van der Waals surface area contributed by atoms with Crippen LogP contribution in [0.15, 0.2) is 72.9 Å². The van der Waals surface area contributed by atoms with Gasteiger partial charge in [0.1, 0.15) is 24.4 Å². The van der Waals surface area contributed by atoms with Crippen molar-refractivity contribution in [3.8, 4) is 0 Å². The number of ether oxygens (including phenoxy) is 2. The van der Waals surface area contributed by atoms with Gasteiger partial charge in [-0.3, -0.25) is 4.79 Å². The predicted octanol–water partition coefficient (Wildman–Crippen LogP) is 16.8. The van der Waals surface area contributed by atoms with Crippen molar-refractivity contribution in [3.05, 3.63) is 72.9 Å². The first-order valence-corrected chi connectivity index (χ1v) is 32.2. The van der Waals surface area contributed by atoms with Crippen LogP contribution in [0.1, 0.15) is 290 Å². The van der Waals surface area contributed by atoms with Gasteiger partial charge in [-0.1, -0.05) is 273 Å². The number of carbonyl (C=O) groups is 1. The summed E-state index contributed by atoms with van der Waals surface area (Å²) in [6.07, 6.45) is 71.4. The van der Waals surface area contributed by atoms with E-state index in [1.807, 2.05) is 6.08 Å². The molecule has 1 aliphatic rings. The van der Waals surface area contributed by atoms with Gasteiger partial charge < -0.3 is 40.3 Å². The highest BCUT2D eigenvalue weighted by molar-refractivity contribution is 5.76. The van der Waals surface area contributed by atoms with E-state index in [2.05, 4.69) is 79.9 Å². The lowest BCUT2D eigenvalue weighted by Crippen LogP contribution is -2.60. The Bertz CT molecular complexity index is 1420. The van der Waals surface area contributed by atoms with Crippen LogP contribution in [0.3, 0.4) is 0 Å². The fourth-order valence-electron chi connectivity index (χ4n) is 9.90. The monoisotopic (exact) mass is 1070 g/mol. The molecular weight excluding hydrogens is 947 g/mol. The van der Waals surface area contributed by atoms with Crippen LogP contribution < -0.4 is 5.32 Å². The van der Waals surface area contributed by atoms with E-state index in [0.29, 0.717) is 6.42 Å². The Labute approximate surface area is 468 Å². The van der Waals surface area contributed by atoms with Crippen LogP contribution in [0.25, 0.3) is 0 Å². The van der Waals surface area contributed by atoms with Crippen molar-refractivity contribution >= 4 is 5.91 Å². The van der Waals surface area contributed by atoms with Gasteiger partial charge in [-0.15, -0.1) is 0 Å². The zero-order chi connectivity index (χ0) is 55.0. The van der Waals surface area contributed by atoms with E-state index in [0.717, 1.165) is 77.0 Å². The molecule has 9 heteroatoms. The number of aliphatic hydroxyl groups is 5. The Morgan fingerprint density at radius 2 is 0.789 bits per heavy atom. The minimum Gasteiger partial charge on any atom is -0.394 e. The van der Waals surface area contributed by atoms with Gasteiger partial charge in [0.2, 0.25) is 5.91 Å². The van der Waals surface area contributed by atoms with E-state index in [1.165, 1.54) is 193 Å². The Balaban J connectivity index is 2.21. The predicted molar refractivity (Wildman–Crippen MR) is 322 cm³/mol. The first kappa shape index (κ1) is 71.6. The first-order chi connectivity index (χ1) is 37.3. The van der Waals surface area contributed by atoms with Crippen LogP contribution in [-0.2, 0) is 14.3 Å². The van der Waals surface area contributed by atoms with Gasteiger partial charge in [-0.2, -0.15) is 0 Å². The molecule has 1 amide bonds. The fourth-order valence-corrected chi connectivity index (χ4v) is 9.90. The lowest BCUT2D eigenvalue weighted by molar-refractivity contribution is -0.302. The molecule has 9 nitrogen and oxygen atoms in total. The van der Waals surface area contributed by atoms with Gasteiger partial charge in [0.05, 0.1) is 25.4 Å². The van der Waals surface area contributed by atoms with Crippen LogP contribution in [-0.4, -0.2) is 87.5 Å². The lowest BCUT2D eigenvalue weighted by atomic mass is 9.99. The third-order valence-electron chi connectivity index (χ3n) is 15.0. The maximum Gasteiger partial charge on any atom is 0.220 e. The van der Waals surface area contributed by atoms with Crippen molar-refractivity contribution in [2.24, 2.45) is 0 Å². The molecule has 6 N–H and O–H groups in total. The molecule has 1 aliphatic heterocycles. The lowest BCUT2D eigenvalue weighted by Gasteiger charge is -2.40. The highest BCUT2D eigenvalue weighted by Gasteiger charge is 2.44. The summed E-state index contributed by atoms with van der Waals surface area (Å²) >= 11 is 0. The molecule has 7 unspecified atom stereocenters. The largest absolute Gasteiger partial charge is 0.394 e. The summed E-state index contributed by atoms with van der Waals surface area (Å²) in [5.74, 6) is -0.203. The molecule has 1 rings (SSSR count). The number of rotatable bonds is 55. The third-order valence-corrected chi connectivity index (χ3v) is 15.0. The van der Waals surface area contributed by atoms with E-state index in [-0.39, 0.29) is 12.5 Å². The number of carbonyl (C=O) groups excluding carboxylic acids is 1. The second-order valence-electron chi connectivity index (χ2n) is 22.2. The van der Waals surface area contributed by atoms with Gasteiger partial charge in [-0.05, 0) is 83.5 Å². The molecular formula is C67H121NO8. The van der Waals surface area contributed by atoms with E-state index < -0.39 is 49.5 Å². The van der Waals surface area contributed by atoms with Gasteiger partial charge in [0.15, 0.2) is 6.29 Å². The van der Waals surface area contributed by atoms with Crippen LogP contribution in [0.2, 0.25) is 0 Å². The molecule has 0 radical (unpaired) electrons. The zero-order valence-corrected chi connectivity index (χ0v) is 49.3. The number of aliphatic hydroxyl groups excluding tert-OH is 5. The highest BCUT2D eigenvalue weighted by atomic mass is 16.7. The standard InChI is InChI=1S/C67H121NO8/c1-3-5-7-9-11-13-15-17-19-21-23-25-26-27-28-29-30-31-32-33-34-35-37-38-40-42-44-46-48-50-52-54-56-61(70)60(59-75-67-66(74)65(73)64(72)62(58-69)76-67)68-63(71)57-55-53-51-49-47-45-43-41-39-36-24-22-20-18-16-14-12-10-8-6-4-2/h16,18,22,24,38-41,46,48,54,56,60-62,64-67,69-70,72-74H,3-15,17,19-21,23,25-37,42-45,47,49-53,55,57-59H2,1-2H3,(H,68,71)/b18-16-,24-22-,40-38+,41-39-,48-46+,56-54+. The van der Waals surface area contributed by atoms with Gasteiger partial charge >= 0.3 is 0 Å². The number of amides is 1. The molecule has 0 aromatic rings. The van der Waals surface area contributed by atoms with Crippen molar-refractivity contribution in [1.29, 1.82) is 0 Å². The van der Waals surface area contributed by atoms with E-state index >= 15 is 0 Å². The normalized spacial score (nSPS) is 19.3. The Morgan fingerprint density at radius 1 is 0.447 bits per heavy atom. The number of hydrogen-bond donors (Lipinski definition) is 6. The summed E-state index contributed by atoms with van der Waals surface area (Å²) < 4.78 is 11.3. The van der Waals surface area contributed by atoms with E-state index in [4.69, 9.17) is 9.47 Å². The van der Waals surface area contributed by atoms with Gasteiger partial charge in [-0.25, -0.2) is 0 Å². The molecule has 1 heterocycles. The Kier molecular flexibility index (Phi) is 52.7. The molecule has 0 bridgehead atoms. The second kappa shape index (κ2) is 55.9. The highest BCUT2D eigenvalue weighted by Crippen LogP contribution is 2.23. The molecule has 1 fully saturated rings. The summed E-state index contributed by atoms with van der Waals surface area (Å²) in [4.78, 5) is 13.1. The second-order valence-corrected chi connectivity index (χ2v) is 22.2. The average Bonchev–Trinajstić information content (AvgIpc) is 3.42. The maximum absolute atomic E-state index is 13.1. The number of nitrogens with one attached hydrogen (secondary N) is 1. The molecule has 442 valence electrons. The molecule has 76 heavy (non-hydrogen) atoms. The fraction of sp³-hybridized carbons (Fsp3) is 0.806. The number of unbranched alkanes of at least 4 members (excludes halogenated alkanes) is 35. The summed E-state index contributed by atoms with van der Waals surface area (Å²) in [7, 11) is 0. The van der Waals surface area contributed by atoms with Gasteiger partial charge in [0, 0.05) is 6.42 Å². The van der Waals surface area contributed by atoms with E-state index in [9.17, 15) is 30.3 Å². The van der Waals surface area contributed by atoms with Crippen molar-refractivity contribution in [2.75, 3.05) is 13.2 Å². The average molecular weight is 1070 g/mol. The smallest absolute Gasteiger partial charge is 0.220 e. The summed E-state index contributed by atoms with van der Waals surface area (Å²) in [6.45, 7) is 3.76. The molecule has 0 saturated carbocycles. The minimum absolute atomic E-state index is 0.203. The van der Waals surface area contributed by atoms with Crippen molar-refractivity contribution in [3.63, 3.8) is 0 Å². The molecule has 0 spiro atoms. The van der Waals surface area contributed by atoms with Crippen LogP contribution in [0.5, 0.6) is 0 Å². The summed E-state index contributed by atoms with van der Waals surface area (Å²) in [5.41, 5.74) is 0. The molecule has 0 aromatic carbocycles. The van der Waals surface area contributed by atoms with Crippen LogP contribution in [0, 0.1) is 0 Å². The van der Waals surface area contributed by atoms with Crippen LogP contribution >= 0.6 is 0 Å². The van der Waals surface area contributed by atoms with Crippen molar-refractivity contribution in [2.45, 2.75) is 333 Å². The minimum atomic E-state index is -1.58. The molecule has 1 saturated heterocycles. The van der Waals surface area contributed by atoms with Gasteiger partial charge in [0.25, 0.3) is 0 Å². The molecule has 0 aliphatic carbocycles. The Hall–Kier alpha value is -2.37. The van der Waals surface area contributed by atoms with Crippen molar-refractivity contribution in [1.82, 2.24) is 5.32 Å². The third kappa shape index (κ3) is 44.5. The number of hydrogen-bond acceptors (Lipinski definition) is 8. The molecule has 7 atom stereocenters. The quantitative estimate of drug-likeness (QED) is 0.0261. The Morgan fingerprint density at radius 3 is 1.20 bits per heavy atom. The zero-order valence-electron chi connectivity index (χ0n) is 49.3. The summed E-state index contributed by atoms with van der Waals surface area (Å²) in [6, 6.07) is -0.841. The maximum atomic E-state index is 13.1. The van der Waals surface area contributed by atoms with E-state index in [1.54, 1.807) is 6.08 Å². The van der Waals surface area contributed by atoms with Crippen LogP contribution in [0.4, 0.5) is 0 Å². The summed E-state index contributed by atoms with van der Waals surface area (Å²) in [5, 5.41) is 54.6. The molecule has 0 aromatic heterocycles. The topological polar surface area (TPSA) is 149 Å². The SMILES string of the molecule is CCCCCCC/C=C\C/C=C\C/C=C\CCCCCCCCC(=O)NC(COC1OC(CO)C(O)C(O)C1O)C(O)/C=C/CC/C=C/CC/C=C/CCCCCCCCCCCCCCCCCCCCCCCC.